The van der Waals surface area contributed by atoms with Gasteiger partial charge in [0.05, 0.1) is 19.6 Å². The lowest BCUT2D eigenvalue weighted by molar-refractivity contribution is -0.140. The summed E-state index contributed by atoms with van der Waals surface area (Å²) < 4.78 is 18.9. The summed E-state index contributed by atoms with van der Waals surface area (Å²) in [5.41, 5.74) is 0.812. The van der Waals surface area contributed by atoms with Crippen LogP contribution in [0.2, 0.25) is 0 Å². The van der Waals surface area contributed by atoms with Gasteiger partial charge in [-0.05, 0) is 55.0 Å². The number of hydrogen-bond acceptors (Lipinski definition) is 4. The molecular formula is C27H30FN3O3. The topological polar surface area (TPSA) is 71.5 Å². The molecule has 2 aromatic carbocycles. The Kier molecular flexibility index (Phi) is 7.22. The Balaban J connectivity index is 1.39. The Morgan fingerprint density at radius 2 is 1.88 bits per heavy atom. The molecule has 4 rings (SSSR count). The van der Waals surface area contributed by atoms with Crippen LogP contribution in [0, 0.1) is 11.7 Å². The lowest BCUT2D eigenvalue weighted by atomic mass is 9.96. The maximum Gasteiger partial charge on any atom is 0.247 e. The number of nitrogens with zero attached hydrogens (tertiary/aromatic N) is 2. The van der Waals surface area contributed by atoms with Crippen molar-refractivity contribution in [1.82, 2.24) is 15.2 Å². The second-order valence-electron chi connectivity index (χ2n) is 9.43. The Morgan fingerprint density at radius 3 is 2.68 bits per heavy atom. The van der Waals surface area contributed by atoms with E-state index < -0.39 is 5.54 Å². The molecule has 1 aromatic heterocycles. The molecule has 0 radical (unpaired) electrons. The minimum Gasteiger partial charge on any atom is -0.379 e. The zero-order valence-corrected chi connectivity index (χ0v) is 19.6. The maximum absolute atomic E-state index is 13.4. The van der Waals surface area contributed by atoms with Gasteiger partial charge in [-0.15, -0.1) is 0 Å². The number of fused-ring (bicyclic) bond motifs is 1. The van der Waals surface area contributed by atoms with Crippen LogP contribution < -0.4 is 5.32 Å². The Hall–Kier alpha value is -3.32. The second-order valence-corrected chi connectivity index (χ2v) is 9.43. The first kappa shape index (κ1) is 23.8. The van der Waals surface area contributed by atoms with Crippen LogP contribution in [0.1, 0.15) is 25.0 Å². The second kappa shape index (κ2) is 10.3. The third kappa shape index (κ3) is 5.97. The van der Waals surface area contributed by atoms with Crippen molar-refractivity contribution in [3.63, 3.8) is 0 Å². The third-order valence-electron chi connectivity index (χ3n) is 6.12. The van der Waals surface area contributed by atoms with E-state index >= 15 is 0 Å². The monoisotopic (exact) mass is 463 g/mol. The third-order valence-corrected chi connectivity index (χ3v) is 6.12. The molecule has 1 aliphatic heterocycles. The molecule has 0 saturated carbocycles. The van der Waals surface area contributed by atoms with Crippen LogP contribution in [0.25, 0.3) is 10.8 Å². The number of amides is 2. The van der Waals surface area contributed by atoms with E-state index in [2.05, 4.69) is 28.5 Å². The first-order valence-corrected chi connectivity index (χ1v) is 11.6. The first-order valence-electron chi connectivity index (χ1n) is 11.6. The van der Waals surface area contributed by atoms with E-state index in [9.17, 15) is 14.0 Å². The highest BCUT2D eigenvalue weighted by molar-refractivity contribution is 5.91. The zero-order chi connectivity index (χ0) is 24.1. The summed E-state index contributed by atoms with van der Waals surface area (Å²) in [6.45, 7) is 5.52. The highest BCUT2D eigenvalue weighted by Crippen LogP contribution is 2.20. The average molecular weight is 464 g/mol. The van der Waals surface area contributed by atoms with Crippen LogP contribution in [0.15, 0.2) is 60.9 Å². The number of hydrogen-bond donors (Lipinski definition) is 1. The fraction of sp³-hybridized carbons (Fsp3) is 0.370. The van der Waals surface area contributed by atoms with Crippen molar-refractivity contribution in [3.8, 4) is 0 Å². The van der Waals surface area contributed by atoms with Gasteiger partial charge in [0.1, 0.15) is 11.4 Å². The van der Waals surface area contributed by atoms with Gasteiger partial charge in [0, 0.05) is 36.8 Å². The van der Waals surface area contributed by atoms with E-state index in [0.29, 0.717) is 31.9 Å². The van der Waals surface area contributed by atoms with E-state index in [-0.39, 0.29) is 30.0 Å². The van der Waals surface area contributed by atoms with Gasteiger partial charge < -0.3 is 15.0 Å². The molecule has 178 valence electrons. The highest BCUT2D eigenvalue weighted by atomic mass is 19.1. The molecule has 34 heavy (non-hydrogen) atoms. The fourth-order valence-electron chi connectivity index (χ4n) is 4.41. The van der Waals surface area contributed by atoms with E-state index in [4.69, 9.17) is 4.74 Å². The van der Waals surface area contributed by atoms with Gasteiger partial charge in [0.25, 0.3) is 0 Å². The van der Waals surface area contributed by atoms with Gasteiger partial charge in [-0.1, -0.05) is 30.3 Å². The molecule has 7 heteroatoms. The number of benzene rings is 2. The molecule has 1 aliphatic rings. The van der Waals surface area contributed by atoms with Crippen molar-refractivity contribution in [2.75, 3.05) is 26.3 Å². The van der Waals surface area contributed by atoms with Crippen LogP contribution in [0.5, 0.6) is 0 Å². The SMILES string of the molecule is CC(C)(NC(=O)Cc1ccc(F)cc1)C(=O)N1CCOC[C@@H](Cc2ccc3cnccc3c2)C1. The lowest BCUT2D eigenvalue weighted by Crippen LogP contribution is -2.57. The normalized spacial score (nSPS) is 16.8. The molecule has 6 nitrogen and oxygen atoms in total. The molecule has 2 heterocycles. The minimum absolute atomic E-state index is 0.0835. The Labute approximate surface area is 199 Å². The predicted octanol–water partition coefficient (Wildman–Crippen LogP) is 3.53. The number of aromatic nitrogens is 1. The molecule has 1 atom stereocenters. The lowest BCUT2D eigenvalue weighted by Gasteiger charge is -2.33. The average Bonchev–Trinajstić information content (AvgIpc) is 3.05. The minimum atomic E-state index is -1.07. The summed E-state index contributed by atoms with van der Waals surface area (Å²) in [5, 5.41) is 5.09. The van der Waals surface area contributed by atoms with E-state index in [0.717, 1.165) is 17.2 Å². The molecule has 2 amide bonds. The number of rotatable bonds is 6. The van der Waals surface area contributed by atoms with Gasteiger partial charge in [-0.25, -0.2) is 4.39 Å². The van der Waals surface area contributed by atoms with E-state index in [1.54, 1.807) is 37.1 Å². The summed E-state index contributed by atoms with van der Waals surface area (Å²) in [6.07, 6.45) is 4.51. The first-order chi connectivity index (χ1) is 16.3. The van der Waals surface area contributed by atoms with Crippen molar-refractivity contribution >= 4 is 22.6 Å². The molecule has 1 N–H and O–H groups in total. The molecule has 3 aromatic rings. The molecule has 0 spiro atoms. The summed E-state index contributed by atoms with van der Waals surface area (Å²) in [5.74, 6) is -0.618. The van der Waals surface area contributed by atoms with Crippen molar-refractivity contribution < 1.29 is 18.7 Å². The summed E-state index contributed by atoms with van der Waals surface area (Å²) in [4.78, 5) is 31.9. The van der Waals surface area contributed by atoms with Crippen molar-refractivity contribution in [2.45, 2.75) is 32.2 Å². The van der Waals surface area contributed by atoms with Gasteiger partial charge >= 0.3 is 0 Å². The Bertz CT molecular complexity index is 1160. The largest absolute Gasteiger partial charge is 0.379 e. The van der Waals surface area contributed by atoms with Gasteiger partial charge in [-0.3, -0.25) is 14.6 Å². The van der Waals surface area contributed by atoms with Gasteiger partial charge in [0.15, 0.2) is 0 Å². The van der Waals surface area contributed by atoms with Crippen molar-refractivity contribution in [2.24, 2.45) is 5.92 Å². The van der Waals surface area contributed by atoms with Gasteiger partial charge in [0.2, 0.25) is 11.8 Å². The summed E-state index contributed by atoms with van der Waals surface area (Å²) in [7, 11) is 0. The fourth-order valence-corrected chi connectivity index (χ4v) is 4.41. The summed E-state index contributed by atoms with van der Waals surface area (Å²) >= 11 is 0. The molecule has 1 fully saturated rings. The van der Waals surface area contributed by atoms with Crippen LogP contribution >= 0.6 is 0 Å². The van der Waals surface area contributed by atoms with E-state index in [1.807, 2.05) is 12.3 Å². The number of carbonyl (C=O) groups is 2. The number of ether oxygens (including phenoxy) is 1. The molecular weight excluding hydrogens is 433 g/mol. The molecule has 0 aliphatic carbocycles. The quantitative estimate of drug-likeness (QED) is 0.607. The number of carbonyl (C=O) groups excluding carboxylic acids is 2. The van der Waals surface area contributed by atoms with Crippen LogP contribution in [-0.4, -0.2) is 53.5 Å². The standard InChI is InChI=1S/C27H30FN3O3/c1-27(2,30-25(32)15-19-4-7-24(28)8-5-19)26(33)31-11-12-34-18-21(17-31)13-20-3-6-23-16-29-10-9-22(23)14-20/h3-10,14,16,21H,11-13,15,17-18H2,1-2H3,(H,30,32)/t21-/m0/s1. The number of nitrogens with one attached hydrogen (secondary N) is 1. The van der Waals surface area contributed by atoms with Gasteiger partial charge in [-0.2, -0.15) is 0 Å². The molecule has 0 bridgehead atoms. The highest BCUT2D eigenvalue weighted by Gasteiger charge is 2.35. The van der Waals surface area contributed by atoms with Crippen LogP contribution in [0.4, 0.5) is 4.39 Å². The number of pyridine rings is 1. The molecule has 1 saturated heterocycles. The Morgan fingerprint density at radius 1 is 1.12 bits per heavy atom. The van der Waals surface area contributed by atoms with E-state index in [1.165, 1.54) is 17.7 Å². The van der Waals surface area contributed by atoms with Crippen LogP contribution in [0.3, 0.4) is 0 Å². The smallest absolute Gasteiger partial charge is 0.247 e. The maximum atomic E-state index is 13.4. The van der Waals surface area contributed by atoms with Crippen molar-refractivity contribution in [1.29, 1.82) is 0 Å². The summed E-state index contributed by atoms with van der Waals surface area (Å²) in [6, 6.07) is 14.1. The predicted molar refractivity (Wildman–Crippen MR) is 129 cm³/mol. The van der Waals surface area contributed by atoms with Crippen molar-refractivity contribution in [3.05, 3.63) is 77.9 Å². The molecule has 0 unspecified atom stereocenters. The zero-order valence-electron chi connectivity index (χ0n) is 19.6. The number of halogens is 1. The van der Waals surface area contributed by atoms with Crippen LogP contribution in [-0.2, 0) is 27.2 Å².